The van der Waals surface area contributed by atoms with Gasteiger partial charge < -0.3 is 16.4 Å². The predicted octanol–water partition coefficient (Wildman–Crippen LogP) is 0.940. The third-order valence-corrected chi connectivity index (χ3v) is 2.30. The maximum atomic E-state index is 11.8. The minimum Gasteiger partial charge on any atom is -0.384 e. The molecule has 0 fully saturated rings. The molecule has 1 aromatic heterocycles. The number of aryl methyl sites for hydroxylation is 1. The zero-order chi connectivity index (χ0) is 13.7. The Morgan fingerprint density at radius 1 is 1.39 bits per heavy atom. The van der Waals surface area contributed by atoms with Crippen molar-refractivity contribution in [3.63, 3.8) is 0 Å². The van der Waals surface area contributed by atoms with Crippen LogP contribution in [0.1, 0.15) is 26.6 Å². The summed E-state index contributed by atoms with van der Waals surface area (Å²) in [4.78, 5) is 19.9. The van der Waals surface area contributed by atoms with Gasteiger partial charge in [0.2, 0.25) is 5.91 Å². The highest BCUT2D eigenvalue weighted by molar-refractivity contribution is 5.83. The fourth-order valence-corrected chi connectivity index (χ4v) is 1.41. The molecule has 0 aliphatic rings. The van der Waals surface area contributed by atoms with Crippen molar-refractivity contribution in [1.29, 1.82) is 0 Å². The first-order chi connectivity index (χ1) is 8.38. The molecule has 0 aliphatic heterocycles. The molecule has 0 saturated heterocycles. The van der Waals surface area contributed by atoms with E-state index in [1.807, 2.05) is 13.8 Å². The second kappa shape index (κ2) is 6.18. The van der Waals surface area contributed by atoms with E-state index in [1.54, 1.807) is 19.9 Å². The van der Waals surface area contributed by atoms with Crippen LogP contribution in [-0.4, -0.2) is 28.5 Å². The van der Waals surface area contributed by atoms with E-state index in [4.69, 9.17) is 5.73 Å². The summed E-state index contributed by atoms with van der Waals surface area (Å²) < 4.78 is 0. The Bertz CT molecular complexity index is 399. The third-order valence-electron chi connectivity index (χ3n) is 2.30. The lowest BCUT2D eigenvalue weighted by Gasteiger charge is -2.16. The Labute approximate surface area is 107 Å². The molecular formula is C12H21N5O. The van der Waals surface area contributed by atoms with Crippen molar-refractivity contribution in [3.05, 3.63) is 11.9 Å². The average molecular weight is 251 g/mol. The van der Waals surface area contributed by atoms with Crippen LogP contribution in [0, 0.1) is 12.8 Å². The van der Waals surface area contributed by atoms with Crippen molar-refractivity contribution in [2.75, 3.05) is 17.6 Å². The Morgan fingerprint density at radius 3 is 2.61 bits per heavy atom. The number of nitrogens with one attached hydrogen (secondary N) is 2. The summed E-state index contributed by atoms with van der Waals surface area (Å²) in [6, 6.07) is 1.25. The van der Waals surface area contributed by atoms with E-state index in [-0.39, 0.29) is 11.9 Å². The molecule has 18 heavy (non-hydrogen) atoms. The Balaban J connectivity index is 2.58. The van der Waals surface area contributed by atoms with E-state index in [1.165, 1.54) is 0 Å². The van der Waals surface area contributed by atoms with E-state index in [0.717, 1.165) is 0 Å². The van der Waals surface area contributed by atoms with Crippen LogP contribution in [0.3, 0.4) is 0 Å². The summed E-state index contributed by atoms with van der Waals surface area (Å²) in [6.07, 6.45) is 0. The first-order valence-electron chi connectivity index (χ1n) is 6.04. The highest BCUT2D eigenvalue weighted by Crippen LogP contribution is 2.09. The molecular weight excluding hydrogens is 230 g/mol. The van der Waals surface area contributed by atoms with E-state index >= 15 is 0 Å². The number of carbonyl (C=O) groups is 1. The van der Waals surface area contributed by atoms with Gasteiger partial charge in [0.05, 0.1) is 0 Å². The van der Waals surface area contributed by atoms with Crippen LogP contribution in [0.25, 0.3) is 0 Å². The molecule has 1 heterocycles. The van der Waals surface area contributed by atoms with Gasteiger partial charge in [-0.2, -0.15) is 0 Å². The number of aromatic nitrogens is 2. The summed E-state index contributed by atoms with van der Waals surface area (Å²) in [5.74, 6) is 1.90. The standard InChI is InChI=1S/C12H21N5O/c1-7(2)6-14-12(18)8(3)15-11-5-10(13)16-9(4)17-11/h5,7-8H,6H2,1-4H3,(H,14,18)(H3,13,15,16,17). The largest absolute Gasteiger partial charge is 0.384 e. The molecule has 6 nitrogen and oxygen atoms in total. The Kier molecular flexibility index (Phi) is 4.88. The highest BCUT2D eigenvalue weighted by Gasteiger charge is 2.13. The minimum absolute atomic E-state index is 0.0569. The number of amides is 1. The second-order valence-corrected chi connectivity index (χ2v) is 4.73. The van der Waals surface area contributed by atoms with Gasteiger partial charge in [-0.3, -0.25) is 4.79 Å². The number of rotatable bonds is 5. The number of nitrogen functional groups attached to an aromatic ring is 1. The van der Waals surface area contributed by atoms with Crippen molar-refractivity contribution in [2.45, 2.75) is 33.7 Å². The molecule has 0 aliphatic carbocycles. The third kappa shape index (κ3) is 4.57. The van der Waals surface area contributed by atoms with Gasteiger partial charge in [-0.1, -0.05) is 13.8 Å². The normalized spacial score (nSPS) is 12.3. The van der Waals surface area contributed by atoms with Crippen molar-refractivity contribution >= 4 is 17.5 Å². The van der Waals surface area contributed by atoms with Crippen LogP contribution in [0.5, 0.6) is 0 Å². The lowest BCUT2D eigenvalue weighted by atomic mass is 10.2. The summed E-state index contributed by atoms with van der Waals surface area (Å²) in [5.41, 5.74) is 5.62. The van der Waals surface area contributed by atoms with Crippen LogP contribution in [0.4, 0.5) is 11.6 Å². The lowest BCUT2D eigenvalue weighted by molar-refractivity contribution is -0.121. The smallest absolute Gasteiger partial charge is 0.242 e. The molecule has 1 amide bonds. The summed E-state index contributed by atoms with van der Waals surface area (Å²) >= 11 is 0. The second-order valence-electron chi connectivity index (χ2n) is 4.73. The van der Waals surface area contributed by atoms with E-state index in [2.05, 4.69) is 20.6 Å². The van der Waals surface area contributed by atoms with Gasteiger partial charge in [-0.25, -0.2) is 9.97 Å². The molecule has 6 heteroatoms. The fourth-order valence-electron chi connectivity index (χ4n) is 1.41. The van der Waals surface area contributed by atoms with E-state index in [9.17, 15) is 4.79 Å². The van der Waals surface area contributed by atoms with Crippen molar-refractivity contribution in [2.24, 2.45) is 5.92 Å². The molecule has 4 N–H and O–H groups in total. The Morgan fingerprint density at radius 2 is 2.06 bits per heavy atom. The number of nitrogens with two attached hydrogens (primary N) is 1. The zero-order valence-electron chi connectivity index (χ0n) is 11.3. The van der Waals surface area contributed by atoms with Gasteiger partial charge in [-0.15, -0.1) is 0 Å². The molecule has 0 bridgehead atoms. The highest BCUT2D eigenvalue weighted by atomic mass is 16.2. The fraction of sp³-hybridized carbons (Fsp3) is 0.583. The van der Waals surface area contributed by atoms with E-state index in [0.29, 0.717) is 29.9 Å². The lowest BCUT2D eigenvalue weighted by Crippen LogP contribution is -2.39. The SMILES string of the molecule is Cc1nc(N)cc(NC(C)C(=O)NCC(C)C)n1. The van der Waals surface area contributed by atoms with E-state index < -0.39 is 0 Å². The van der Waals surface area contributed by atoms with Crippen LogP contribution in [-0.2, 0) is 4.79 Å². The molecule has 100 valence electrons. The van der Waals surface area contributed by atoms with Crippen LogP contribution >= 0.6 is 0 Å². The van der Waals surface area contributed by atoms with Crippen LogP contribution in [0.2, 0.25) is 0 Å². The van der Waals surface area contributed by atoms with Crippen LogP contribution < -0.4 is 16.4 Å². The number of carbonyl (C=O) groups excluding carboxylic acids is 1. The Hall–Kier alpha value is -1.85. The molecule has 1 aromatic rings. The van der Waals surface area contributed by atoms with Crippen molar-refractivity contribution in [3.8, 4) is 0 Å². The van der Waals surface area contributed by atoms with Crippen LogP contribution in [0.15, 0.2) is 6.07 Å². The summed E-state index contributed by atoms with van der Waals surface area (Å²) in [7, 11) is 0. The van der Waals surface area contributed by atoms with Gasteiger partial charge in [-0.05, 0) is 19.8 Å². The van der Waals surface area contributed by atoms with Gasteiger partial charge in [0.25, 0.3) is 0 Å². The minimum atomic E-state index is -0.363. The van der Waals surface area contributed by atoms with Gasteiger partial charge in [0.1, 0.15) is 23.5 Å². The maximum Gasteiger partial charge on any atom is 0.242 e. The molecule has 1 rings (SSSR count). The van der Waals surface area contributed by atoms with Gasteiger partial charge >= 0.3 is 0 Å². The summed E-state index contributed by atoms with van der Waals surface area (Å²) in [5, 5.41) is 5.86. The number of anilines is 2. The van der Waals surface area contributed by atoms with Gasteiger partial charge in [0, 0.05) is 12.6 Å². The molecule has 0 radical (unpaired) electrons. The van der Waals surface area contributed by atoms with Crippen molar-refractivity contribution < 1.29 is 4.79 Å². The monoisotopic (exact) mass is 251 g/mol. The summed E-state index contributed by atoms with van der Waals surface area (Å²) in [6.45, 7) is 8.30. The molecule has 0 spiro atoms. The molecule has 0 aromatic carbocycles. The molecule has 0 saturated carbocycles. The first kappa shape index (κ1) is 14.2. The molecule has 1 atom stereocenters. The average Bonchev–Trinajstić information content (AvgIpc) is 2.24. The number of hydrogen-bond acceptors (Lipinski definition) is 5. The topological polar surface area (TPSA) is 92.9 Å². The van der Waals surface area contributed by atoms with Gasteiger partial charge in [0.15, 0.2) is 0 Å². The quantitative estimate of drug-likeness (QED) is 0.724. The van der Waals surface area contributed by atoms with Crippen molar-refractivity contribution in [1.82, 2.24) is 15.3 Å². The molecule has 1 unspecified atom stereocenters. The predicted molar refractivity (Wildman–Crippen MR) is 72.1 cm³/mol. The maximum absolute atomic E-state index is 11.8. The first-order valence-corrected chi connectivity index (χ1v) is 6.04. The zero-order valence-corrected chi connectivity index (χ0v) is 11.3. The number of hydrogen-bond donors (Lipinski definition) is 3. The number of nitrogens with zero attached hydrogens (tertiary/aromatic N) is 2.